The summed E-state index contributed by atoms with van der Waals surface area (Å²) in [7, 11) is 2.14. The zero-order chi connectivity index (χ0) is 14.5. The van der Waals surface area contributed by atoms with Crippen LogP contribution in [-0.4, -0.2) is 59.3 Å². The molecule has 1 aromatic rings. The SMILES string of the molecule is Cc1nc(Cl)cc(N2CCC(N(C)CCCO)CC2)n1. The van der Waals surface area contributed by atoms with Crippen molar-refractivity contribution in [1.29, 1.82) is 0 Å². The fourth-order valence-electron chi connectivity index (χ4n) is 2.72. The minimum atomic E-state index is 0.266. The Balaban J connectivity index is 1.90. The largest absolute Gasteiger partial charge is 0.396 e. The second-order valence-electron chi connectivity index (χ2n) is 5.37. The maximum Gasteiger partial charge on any atom is 0.134 e. The van der Waals surface area contributed by atoms with E-state index in [4.69, 9.17) is 16.7 Å². The lowest BCUT2D eigenvalue weighted by Gasteiger charge is -2.37. The molecule has 5 nitrogen and oxygen atoms in total. The first-order valence-electron chi connectivity index (χ1n) is 7.17. The van der Waals surface area contributed by atoms with Crippen LogP contribution in [0.25, 0.3) is 0 Å². The Morgan fingerprint density at radius 2 is 2.10 bits per heavy atom. The monoisotopic (exact) mass is 298 g/mol. The molecule has 20 heavy (non-hydrogen) atoms. The molecule has 0 bridgehead atoms. The van der Waals surface area contributed by atoms with E-state index in [0.29, 0.717) is 11.2 Å². The predicted molar refractivity (Wildman–Crippen MR) is 81.3 cm³/mol. The summed E-state index contributed by atoms with van der Waals surface area (Å²) in [5.41, 5.74) is 0. The van der Waals surface area contributed by atoms with Crippen LogP contribution in [-0.2, 0) is 0 Å². The zero-order valence-electron chi connectivity index (χ0n) is 12.2. The van der Waals surface area contributed by atoms with Gasteiger partial charge in [-0.1, -0.05) is 11.6 Å². The molecule has 1 N–H and O–H groups in total. The highest BCUT2D eigenvalue weighted by atomic mass is 35.5. The van der Waals surface area contributed by atoms with Crippen molar-refractivity contribution in [2.24, 2.45) is 0 Å². The van der Waals surface area contributed by atoms with Gasteiger partial charge in [-0.25, -0.2) is 9.97 Å². The van der Waals surface area contributed by atoms with E-state index >= 15 is 0 Å². The highest BCUT2D eigenvalue weighted by Gasteiger charge is 2.23. The third kappa shape index (κ3) is 4.04. The van der Waals surface area contributed by atoms with Gasteiger partial charge >= 0.3 is 0 Å². The van der Waals surface area contributed by atoms with E-state index in [1.54, 1.807) is 0 Å². The Kier molecular flexibility index (Phi) is 5.57. The van der Waals surface area contributed by atoms with Gasteiger partial charge in [0.05, 0.1) is 0 Å². The van der Waals surface area contributed by atoms with Crippen molar-refractivity contribution in [3.63, 3.8) is 0 Å². The smallest absolute Gasteiger partial charge is 0.134 e. The number of aliphatic hydroxyl groups excluding tert-OH is 1. The number of aryl methyl sites for hydroxylation is 1. The molecule has 2 rings (SSSR count). The molecule has 1 aliphatic rings. The Morgan fingerprint density at radius 1 is 1.40 bits per heavy atom. The molecule has 0 aliphatic carbocycles. The van der Waals surface area contributed by atoms with Crippen molar-refractivity contribution in [2.75, 3.05) is 38.2 Å². The van der Waals surface area contributed by atoms with Gasteiger partial charge in [0.15, 0.2) is 0 Å². The lowest BCUT2D eigenvalue weighted by atomic mass is 10.0. The molecule has 0 atom stereocenters. The number of halogens is 1. The van der Waals surface area contributed by atoms with E-state index in [2.05, 4.69) is 26.8 Å². The van der Waals surface area contributed by atoms with Crippen molar-refractivity contribution in [3.05, 3.63) is 17.0 Å². The maximum absolute atomic E-state index is 8.89. The molecule has 0 radical (unpaired) electrons. The molecule has 1 fully saturated rings. The topological polar surface area (TPSA) is 52.5 Å². The highest BCUT2D eigenvalue weighted by Crippen LogP contribution is 2.22. The molecule has 0 spiro atoms. The van der Waals surface area contributed by atoms with Crippen molar-refractivity contribution < 1.29 is 5.11 Å². The molecule has 1 aromatic heterocycles. The molecular weight excluding hydrogens is 276 g/mol. The van der Waals surface area contributed by atoms with Gasteiger partial charge in [0.25, 0.3) is 0 Å². The average molecular weight is 299 g/mol. The van der Waals surface area contributed by atoms with Gasteiger partial charge in [0, 0.05) is 38.3 Å². The van der Waals surface area contributed by atoms with Crippen LogP contribution in [0.4, 0.5) is 5.82 Å². The molecule has 1 aliphatic heterocycles. The number of nitrogens with zero attached hydrogens (tertiary/aromatic N) is 4. The summed E-state index contributed by atoms with van der Waals surface area (Å²) in [6.45, 7) is 5.06. The van der Waals surface area contributed by atoms with Crippen molar-refractivity contribution in [3.8, 4) is 0 Å². The number of aliphatic hydroxyl groups is 1. The van der Waals surface area contributed by atoms with Crippen LogP contribution in [0.5, 0.6) is 0 Å². The van der Waals surface area contributed by atoms with Gasteiger partial charge in [-0.3, -0.25) is 0 Å². The van der Waals surface area contributed by atoms with Gasteiger partial charge < -0.3 is 14.9 Å². The van der Waals surface area contributed by atoms with E-state index in [-0.39, 0.29) is 6.61 Å². The predicted octanol–water partition coefficient (Wildman–Crippen LogP) is 1.72. The van der Waals surface area contributed by atoms with Crippen LogP contribution in [0.2, 0.25) is 5.15 Å². The van der Waals surface area contributed by atoms with Crippen LogP contribution < -0.4 is 4.90 Å². The number of piperidine rings is 1. The van der Waals surface area contributed by atoms with Crippen molar-refractivity contribution in [2.45, 2.75) is 32.2 Å². The van der Waals surface area contributed by atoms with Crippen molar-refractivity contribution >= 4 is 17.4 Å². The van der Waals surface area contributed by atoms with Gasteiger partial charge in [-0.15, -0.1) is 0 Å². The van der Waals surface area contributed by atoms with E-state index in [9.17, 15) is 0 Å². The normalized spacial score (nSPS) is 16.9. The second kappa shape index (κ2) is 7.20. The molecule has 0 unspecified atom stereocenters. The van der Waals surface area contributed by atoms with Gasteiger partial charge in [0.2, 0.25) is 0 Å². The van der Waals surface area contributed by atoms with Crippen LogP contribution in [0, 0.1) is 6.92 Å². The summed E-state index contributed by atoms with van der Waals surface area (Å²) >= 11 is 6.00. The first-order valence-corrected chi connectivity index (χ1v) is 7.55. The number of anilines is 1. The standard InChI is InChI=1S/C14H23ClN4O/c1-11-16-13(15)10-14(17-11)19-7-4-12(5-8-19)18(2)6-3-9-20/h10,12,20H,3-9H2,1-2H3. The number of hydrogen-bond donors (Lipinski definition) is 1. The van der Waals surface area contributed by atoms with Crippen LogP contribution in [0.1, 0.15) is 25.1 Å². The Morgan fingerprint density at radius 3 is 2.70 bits per heavy atom. The van der Waals surface area contributed by atoms with E-state index in [1.807, 2.05) is 13.0 Å². The fourth-order valence-corrected chi connectivity index (χ4v) is 2.94. The number of rotatable bonds is 5. The van der Waals surface area contributed by atoms with Crippen LogP contribution >= 0.6 is 11.6 Å². The van der Waals surface area contributed by atoms with Crippen LogP contribution in [0.15, 0.2) is 6.07 Å². The number of aromatic nitrogens is 2. The van der Waals surface area contributed by atoms with Crippen LogP contribution in [0.3, 0.4) is 0 Å². The lowest BCUT2D eigenvalue weighted by molar-refractivity contribution is 0.184. The molecule has 1 saturated heterocycles. The van der Waals surface area contributed by atoms with Crippen molar-refractivity contribution in [1.82, 2.24) is 14.9 Å². The number of hydrogen-bond acceptors (Lipinski definition) is 5. The van der Waals surface area contributed by atoms with Gasteiger partial charge in [-0.05, 0) is 33.2 Å². The molecule has 6 heteroatoms. The van der Waals surface area contributed by atoms with Gasteiger partial charge in [-0.2, -0.15) is 0 Å². The molecule has 0 aromatic carbocycles. The minimum absolute atomic E-state index is 0.266. The zero-order valence-corrected chi connectivity index (χ0v) is 13.0. The quantitative estimate of drug-likeness (QED) is 0.839. The first kappa shape index (κ1) is 15.5. The summed E-state index contributed by atoms with van der Waals surface area (Å²) in [5.74, 6) is 1.65. The van der Waals surface area contributed by atoms with E-state index in [1.165, 1.54) is 0 Å². The Hall–Kier alpha value is -0.910. The third-order valence-electron chi connectivity index (χ3n) is 3.87. The summed E-state index contributed by atoms with van der Waals surface area (Å²) in [5, 5.41) is 9.40. The lowest BCUT2D eigenvalue weighted by Crippen LogP contribution is -2.44. The molecular formula is C14H23ClN4O. The Labute approximate surface area is 125 Å². The average Bonchev–Trinajstić information content (AvgIpc) is 2.44. The first-order chi connectivity index (χ1) is 9.60. The summed E-state index contributed by atoms with van der Waals surface area (Å²) in [6, 6.07) is 2.43. The Bertz CT molecular complexity index is 415. The van der Waals surface area contributed by atoms with E-state index in [0.717, 1.165) is 50.5 Å². The molecule has 0 saturated carbocycles. The van der Waals surface area contributed by atoms with Gasteiger partial charge in [0.1, 0.15) is 16.8 Å². The third-order valence-corrected chi connectivity index (χ3v) is 4.07. The van der Waals surface area contributed by atoms with E-state index < -0.39 is 0 Å². The fraction of sp³-hybridized carbons (Fsp3) is 0.714. The molecule has 2 heterocycles. The second-order valence-corrected chi connectivity index (χ2v) is 5.76. The highest BCUT2D eigenvalue weighted by molar-refractivity contribution is 6.29. The summed E-state index contributed by atoms with van der Waals surface area (Å²) in [4.78, 5) is 13.2. The molecule has 0 amide bonds. The summed E-state index contributed by atoms with van der Waals surface area (Å²) < 4.78 is 0. The maximum atomic E-state index is 8.89. The summed E-state index contributed by atoms with van der Waals surface area (Å²) in [6.07, 6.45) is 3.07. The minimum Gasteiger partial charge on any atom is -0.396 e. The molecule has 112 valence electrons.